The van der Waals surface area contributed by atoms with E-state index in [9.17, 15) is 9.59 Å². The van der Waals surface area contributed by atoms with Crippen LogP contribution in [0.5, 0.6) is 0 Å². The van der Waals surface area contributed by atoms with Crippen molar-refractivity contribution >= 4 is 17.6 Å². The van der Waals surface area contributed by atoms with E-state index in [-0.39, 0.29) is 11.8 Å². The van der Waals surface area contributed by atoms with E-state index >= 15 is 0 Å². The Morgan fingerprint density at radius 3 is 2.29 bits per heavy atom. The average Bonchev–Trinajstić information content (AvgIpc) is 3.83. The molecule has 194 valence electrons. The number of amidine groups is 1. The lowest BCUT2D eigenvalue weighted by atomic mass is 9.98. The van der Waals surface area contributed by atoms with Gasteiger partial charge in [0.05, 0.1) is 11.9 Å². The molecule has 0 atom stereocenters. The molecule has 38 heavy (non-hydrogen) atoms. The van der Waals surface area contributed by atoms with Crippen LogP contribution in [0, 0.1) is 11.8 Å². The molecule has 2 saturated carbocycles. The van der Waals surface area contributed by atoms with E-state index in [1.54, 1.807) is 0 Å². The Hall–Kier alpha value is -3.81. The van der Waals surface area contributed by atoms with Crippen molar-refractivity contribution < 1.29 is 9.59 Å². The second-order valence-electron chi connectivity index (χ2n) is 11.6. The van der Waals surface area contributed by atoms with Crippen LogP contribution in [-0.2, 0) is 9.59 Å². The van der Waals surface area contributed by atoms with Gasteiger partial charge in [0, 0.05) is 66.6 Å². The van der Waals surface area contributed by atoms with E-state index in [4.69, 9.17) is 4.99 Å². The highest BCUT2D eigenvalue weighted by atomic mass is 16.2. The lowest BCUT2D eigenvalue weighted by molar-refractivity contribution is -0.139. The average molecular weight is 509 g/mol. The van der Waals surface area contributed by atoms with Crippen molar-refractivity contribution in [3.8, 4) is 22.4 Å². The number of carbonyl (C=O) groups excluding carboxylic acids is 2. The number of hydrogen-bond donors (Lipinski definition) is 0. The summed E-state index contributed by atoms with van der Waals surface area (Å²) in [7, 11) is 0. The highest BCUT2D eigenvalue weighted by Gasteiger charge is 2.57. The Balaban J connectivity index is 1.06. The summed E-state index contributed by atoms with van der Waals surface area (Å²) in [5, 5.41) is 4.41. The lowest BCUT2D eigenvalue weighted by Crippen LogP contribution is -2.55. The highest BCUT2D eigenvalue weighted by Crippen LogP contribution is 2.46. The zero-order valence-corrected chi connectivity index (χ0v) is 21.9. The number of carbonyl (C=O) groups is 2. The molecule has 7 rings (SSSR count). The Morgan fingerprint density at radius 1 is 0.974 bits per heavy atom. The summed E-state index contributed by atoms with van der Waals surface area (Å²) in [6, 6.07) is 12.7. The summed E-state index contributed by atoms with van der Waals surface area (Å²) in [6.45, 7) is 6.34. The van der Waals surface area contributed by atoms with E-state index < -0.39 is 5.54 Å². The third kappa shape index (κ3) is 4.03. The van der Waals surface area contributed by atoms with Crippen molar-refractivity contribution in [2.45, 2.75) is 51.1 Å². The predicted molar refractivity (Wildman–Crippen MR) is 144 cm³/mol. The number of aromatic nitrogens is 3. The molecule has 8 heteroatoms. The fourth-order valence-corrected chi connectivity index (χ4v) is 5.50. The summed E-state index contributed by atoms with van der Waals surface area (Å²) in [5.74, 6) is 1.78. The number of benzene rings is 1. The van der Waals surface area contributed by atoms with Gasteiger partial charge in [-0.05, 0) is 51.2 Å². The van der Waals surface area contributed by atoms with Gasteiger partial charge in [-0.1, -0.05) is 30.3 Å². The molecular weight excluding hydrogens is 476 g/mol. The van der Waals surface area contributed by atoms with Crippen LogP contribution in [-0.4, -0.2) is 67.4 Å². The summed E-state index contributed by atoms with van der Waals surface area (Å²) < 4.78 is 1.93. The van der Waals surface area contributed by atoms with Crippen molar-refractivity contribution in [2.75, 3.05) is 19.6 Å². The van der Waals surface area contributed by atoms with Crippen molar-refractivity contribution in [3.05, 3.63) is 60.6 Å². The normalized spacial score (nSPS) is 20.3. The van der Waals surface area contributed by atoms with Crippen molar-refractivity contribution in [2.24, 2.45) is 16.8 Å². The number of likely N-dealkylation sites (tertiary alicyclic amines) is 1. The van der Waals surface area contributed by atoms with Gasteiger partial charge < -0.3 is 4.90 Å². The minimum Gasteiger partial charge on any atom is -0.342 e. The standard InChI is InChI=1S/C30H32N6O2/c1-19(2)36-18-25(14-32-36)26-10-9-24(13-31-26)21-3-5-22(6-4-21)27-33-30(11-12-30)29(38)35(27)17-20-15-34(16-20)28(37)23-7-8-23/h3-6,9-10,13-14,18-20,23H,7-8,11-12,15-17H2,1-2H3. The maximum atomic E-state index is 13.3. The first-order chi connectivity index (χ1) is 18.4. The number of aliphatic imine (C=N–C) groups is 1. The molecular formula is C30H32N6O2. The van der Waals surface area contributed by atoms with Crippen molar-refractivity contribution in [1.82, 2.24) is 24.6 Å². The van der Waals surface area contributed by atoms with Crippen LogP contribution < -0.4 is 0 Å². The topological polar surface area (TPSA) is 83.7 Å². The molecule has 0 bridgehead atoms. The van der Waals surface area contributed by atoms with E-state index in [0.29, 0.717) is 24.4 Å². The van der Waals surface area contributed by atoms with E-state index in [1.807, 2.05) is 39.1 Å². The third-order valence-electron chi connectivity index (χ3n) is 8.24. The fraction of sp³-hybridized carbons (Fsp3) is 0.433. The Morgan fingerprint density at radius 2 is 1.68 bits per heavy atom. The second kappa shape index (κ2) is 8.61. The monoisotopic (exact) mass is 508 g/mol. The van der Waals surface area contributed by atoms with Gasteiger partial charge >= 0.3 is 0 Å². The smallest absolute Gasteiger partial charge is 0.256 e. The first-order valence-electron chi connectivity index (χ1n) is 13.7. The summed E-state index contributed by atoms with van der Waals surface area (Å²) in [5.41, 5.74) is 4.43. The molecule has 2 aromatic heterocycles. The molecule has 2 aliphatic heterocycles. The minimum absolute atomic E-state index is 0.129. The Bertz CT molecular complexity index is 1420. The molecule has 1 saturated heterocycles. The van der Waals surface area contributed by atoms with Crippen LogP contribution in [0.1, 0.15) is 51.1 Å². The minimum atomic E-state index is -0.537. The summed E-state index contributed by atoms with van der Waals surface area (Å²) >= 11 is 0. The van der Waals surface area contributed by atoms with Crippen LogP contribution in [0.2, 0.25) is 0 Å². The molecule has 2 aliphatic carbocycles. The number of amides is 2. The van der Waals surface area contributed by atoms with Gasteiger partial charge in [-0.15, -0.1) is 0 Å². The zero-order chi connectivity index (χ0) is 26.0. The number of hydrogen-bond acceptors (Lipinski definition) is 5. The van der Waals surface area contributed by atoms with E-state index in [0.717, 1.165) is 72.6 Å². The first kappa shape index (κ1) is 23.3. The highest BCUT2D eigenvalue weighted by molar-refractivity contribution is 6.16. The summed E-state index contributed by atoms with van der Waals surface area (Å²) in [6.07, 6.45) is 9.49. The third-order valence-corrected chi connectivity index (χ3v) is 8.24. The van der Waals surface area contributed by atoms with Gasteiger partial charge in [0.1, 0.15) is 11.4 Å². The molecule has 1 spiro atoms. The molecule has 8 nitrogen and oxygen atoms in total. The molecule has 4 aliphatic rings. The van der Waals surface area contributed by atoms with E-state index in [1.165, 1.54) is 0 Å². The van der Waals surface area contributed by atoms with Gasteiger partial charge in [0.15, 0.2) is 0 Å². The summed E-state index contributed by atoms with van der Waals surface area (Å²) in [4.78, 5) is 39.0. The zero-order valence-electron chi connectivity index (χ0n) is 21.9. The van der Waals surface area contributed by atoms with E-state index in [2.05, 4.69) is 54.3 Å². The number of rotatable bonds is 7. The van der Waals surface area contributed by atoms with Crippen LogP contribution >= 0.6 is 0 Å². The SMILES string of the molecule is CC(C)n1cc(-c2ccc(-c3ccc(C4=NC5(CC5)C(=O)N4CC4CN(C(=O)C5CC5)C4)cc3)cn2)cn1. The Kier molecular flexibility index (Phi) is 5.29. The molecule has 3 fully saturated rings. The molecule has 4 heterocycles. The first-order valence-corrected chi connectivity index (χ1v) is 13.7. The number of pyridine rings is 1. The largest absolute Gasteiger partial charge is 0.342 e. The van der Waals surface area contributed by atoms with Crippen molar-refractivity contribution in [1.29, 1.82) is 0 Å². The fourth-order valence-electron chi connectivity index (χ4n) is 5.50. The second-order valence-corrected chi connectivity index (χ2v) is 11.6. The molecule has 0 N–H and O–H groups in total. The maximum Gasteiger partial charge on any atom is 0.256 e. The molecule has 0 radical (unpaired) electrons. The Labute approximate surface area is 222 Å². The maximum absolute atomic E-state index is 13.3. The van der Waals surface area contributed by atoms with Crippen molar-refractivity contribution in [3.63, 3.8) is 0 Å². The van der Waals surface area contributed by atoms with Gasteiger partial charge in [0.2, 0.25) is 5.91 Å². The van der Waals surface area contributed by atoms with Crippen LogP contribution in [0.3, 0.4) is 0 Å². The molecule has 1 aromatic carbocycles. The molecule has 2 amide bonds. The van der Waals surface area contributed by atoms with Gasteiger partial charge in [-0.25, -0.2) is 0 Å². The van der Waals surface area contributed by atoms with Crippen LogP contribution in [0.4, 0.5) is 0 Å². The van der Waals surface area contributed by atoms with Crippen LogP contribution in [0.25, 0.3) is 22.4 Å². The number of nitrogens with zero attached hydrogens (tertiary/aromatic N) is 6. The quantitative estimate of drug-likeness (QED) is 0.479. The predicted octanol–water partition coefficient (Wildman–Crippen LogP) is 4.18. The van der Waals surface area contributed by atoms with Gasteiger partial charge in [-0.2, -0.15) is 5.10 Å². The van der Waals surface area contributed by atoms with Crippen LogP contribution in [0.15, 0.2) is 60.0 Å². The van der Waals surface area contributed by atoms with Gasteiger partial charge in [-0.3, -0.25) is 29.1 Å². The van der Waals surface area contributed by atoms with Gasteiger partial charge in [0.25, 0.3) is 5.91 Å². The lowest BCUT2D eigenvalue weighted by Gasteiger charge is -2.41. The molecule has 0 unspecified atom stereocenters. The molecule has 3 aromatic rings.